The number of ether oxygens (including phenoxy) is 2. The summed E-state index contributed by atoms with van der Waals surface area (Å²) in [6.45, 7) is 9.82. The van der Waals surface area contributed by atoms with Crippen LogP contribution in [0.25, 0.3) is 0 Å². The van der Waals surface area contributed by atoms with Gasteiger partial charge in [0.25, 0.3) is 0 Å². The van der Waals surface area contributed by atoms with E-state index in [1.165, 1.54) is 5.56 Å². The number of hydrogen-bond donors (Lipinski definition) is 2. The molecule has 0 aromatic heterocycles. The van der Waals surface area contributed by atoms with Crippen molar-refractivity contribution in [3.05, 3.63) is 35.9 Å². The highest BCUT2D eigenvalue weighted by Gasteiger charge is 2.09. The first-order chi connectivity index (χ1) is 12.2. The lowest BCUT2D eigenvalue weighted by molar-refractivity contribution is 0.0376. The highest BCUT2D eigenvalue weighted by molar-refractivity contribution is 14.0. The van der Waals surface area contributed by atoms with Crippen molar-refractivity contribution in [2.24, 2.45) is 16.6 Å². The van der Waals surface area contributed by atoms with Gasteiger partial charge in [-0.05, 0) is 24.4 Å². The molecule has 0 aliphatic carbocycles. The third-order valence-corrected chi connectivity index (χ3v) is 4.15. The smallest absolute Gasteiger partial charge is 0.188 e. The number of hydrogen-bond acceptors (Lipinski definition) is 4. The van der Waals surface area contributed by atoms with Gasteiger partial charge in [-0.25, -0.2) is 0 Å². The van der Waals surface area contributed by atoms with Gasteiger partial charge in [-0.3, -0.25) is 9.89 Å². The molecule has 1 unspecified atom stereocenters. The van der Waals surface area contributed by atoms with Gasteiger partial charge in [0.15, 0.2) is 5.96 Å². The summed E-state index contributed by atoms with van der Waals surface area (Å²) in [6, 6.07) is 10.2. The van der Waals surface area contributed by atoms with E-state index in [-0.39, 0.29) is 24.0 Å². The van der Waals surface area contributed by atoms with Crippen LogP contribution < -0.4 is 11.1 Å². The van der Waals surface area contributed by atoms with Crippen molar-refractivity contribution >= 4 is 29.9 Å². The number of morpholine rings is 1. The fourth-order valence-corrected chi connectivity index (χ4v) is 2.66. The quantitative estimate of drug-likeness (QED) is 0.234. The number of aliphatic imine (C=N–C) groups is 1. The fraction of sp³-hybridized carbons (Fsp3) is 0.632. The molecule has 26 heavy (non-hydrogen) atoms. The summed E-state index contributed by atoms with van der Waals surface area (Å²) in [7, 11) is 0. The summed E-state index contributed by atoms with van der Waals surface area (Å²) in [5, 5.41) is 3.19. The van der Waals surface area contributed by atoms with E-state index in [2.05, 4.69) is 34.3 Å². The Morgan fingerprint density at radius 1 is 1.31 bits per heavy atom. The average Bonchev–Trinajstić information content (AvgIpc) is 2.65. The summed E-state index contributed by atoms with van der Waals surface area (Å²) in [6.07, 6.45) is 1.06. The molecule has 7 heteroatoms. The van der Waals surface area contributed by atoms with Gasteiger partial charge in [-0.1, -0.05) is 37.3 Å². The topological polar surface area (TPSA) is 72.1 Å². The summed E-state index contributed by atoms with van der Waals surface area (Å²) >= 11 is 0. The summed E-state index contributed by atoms with van der Waals surface area (Å²) in [4.78, 5) is 6.83. The molecule has 1 saturated heterocycles. The van der Waals surface area contributed by atoms with Gasteiger partial charge in [0.1, 0.15) is 0 Å². The minimum absolute atomic E-state index is 0. The molecule has 1 aromatic rings. The number of nitrogens with zero attached hydrogens (tertiary/aromatic N) is 2. The zero-order chi connectivity index (χ0) is 17.7. The predicted molar refractivity (Wildman–Crippen MR) is 117 cm³/mol. The van der Waals surface area contributed by atoms with E-state index < -0.39 is 0 Å². The minimum Gasteiger partial charge on any atom is -0.379 e. The number of halogens is 1. The maximum Gasteiger partial charge on any atom is 0.188 e. The van der Waals surface area contributed by atoms with E-state index in [9.17, 15) is 0 Å². The normalized spacial score (nSPS) is 16.7. The van der Waals surface area contributed by atoms with Gasteiger partial charge in [0.05, 0.1) is 26.4 Å². The fourth-order valence-electron chi connectivity index (χ4n) is 2.66. The lowest BCUT2D eigenvalue weighted by Gasteiger charge is -2.26. The molecule has 1 fully saturated rings. The van der Waals surface area contributed by atoms with Gasteiger partial charge in [0, 0.05) is 26.2 Å². The van der Waals surface area contributed by atoms with Crippen molar-refractivity contribution in [1.82, 2.24) is 10.2 Å². The molecule has 1 aromatic carbocycles. The highest BCUT2D eigenvalue weighted by atomic mass is 127. The van der Waals surface area contributed by atoms with Crippen LogP contribution in [0.5, 0.6) is 0 Å². The molecular weight excluding hydrogens is 443 g/mol. The third-order valence-electron chi connectivity index (χ3n) is 4.15. The molecule has 0 radical (unpaired) electrons. The molecular formula is C19H33IN4O2. The molecule has 148 valence electrons. The Kier molecular flexibility index (Phi) is 12.6. The minimum atomic E-state index is 0. The van der Waals surface area contributed by atoms with Crippen LogP contribution in [0.3, 0.4) is 0 Å². The van der Waals surface area contributed by atoms with Crippen LogP contribution in [-0.2, 0) is 16.1 Å². The van der Waals surface area contributed by atoms with Gasteiger partial charge >= 0.3 is 0 Å². The molecule has 0 spiro atoms. The van der Waals surface area contributed by atoms with E-state index in [1.54, 1.807) is 0 Å². The van der Waals surface area contributed by atoms with Crippen molar-refractivity contribution in [3.63, 3.8) is 0 Å². The van der Waals surface area contributed by atoms with Crippen LogP contribution in [0.2, 0.25) is 0 Å². The SMILES string of the molecule is CC(CN=C(N)NCCCN1CCOCC1)COCc1ccccc1.I. The summed E-state index contributed by atoms with van der Waals surface area (Å²) < 4.78 is 11.1. The van der Waals surface area contributed by atoms with E-state index >= 15 is 0 Å². The van der Waals surface area contributed by atoms with Crippen LogP contribution in [0.15, 0.2) is 35.3 Å². The van der Waals surface area contributed by atoms with Crippen LogP contribution in [-0.4, -0.2) is 63.4 Å². The number of benzene rings is 1. The molecule has 0 amide bonds. The summed E-state index contributed by atoms with van der Waals surface area (Å²) in [5.74, 6) is 0.870. The first-order valence-corrected chi connectivity index (χ1v) is 9.19. The molecule has 6 nitrogen and oxygen atoms in total. The first kappa shape index (κ1) is 23.1. The van der Waals surface area contributed by atoms with E-state index in [4.69, 9.17) is 15.2 Å². The largest absolute Gasteiger partial charge is 0.379 e. The molecule has 1 heterocycles. The van der Waals surface area contributed by atoms with Crippen molar-refractivity contribution < 1.29 is 9.47 Å². The van der Waals surface area contributed by atoms with Gasteiger partial charge in [-0.15, -0.1) is 24.0 Å². The Morgan fingerprint density at radius 3 is 2.77 bits per heavy atom. The average molecular weight is 476 g/mol. The molecule has 1 aliphatic heterocycles. The van der Waals surface area contributed by atoms with Gasteiger partial charge in [-0.2, -0.15) is 0 Å². The van der Waals surface area contributed by atoms with Crippen molar-refractivity contribution in [3.8, 4) is 0 Å². The number of nitrogens with one attached hydrogen (secondary N) is 1. The van der Waals surface area contributed by atoms with Crippen molar-refractivity contribution in [2.45, 2.75) is 20.0 Å². The van der Waals surface area contributed by atoms with E-state index in [1.807, 2.05) is 18.2 Å². The Morgan fingerprint density at radius 2 is 2.04 bits per heavy atom. The Hall–Kier alpha value is -0.900. The lowest BCUT2D eigenvalue weighted by Crippen LogP contribution is -2.39. The van der Waals surface area contributed by atoms with Crippen LogP contribution in [0.4, 0.5) is 0 Å². The zero-order valence-electron chi connectivity index (χ0n) is 15.7. The summed E-state index contributed by atoms with van der Waals surface area (Å²) in [5.41, 5.74) is 7.12. The molecule has 2 rings (SSSR count). The van der Waals surface area contributed by atoms with E-state index in [0.717, 1.165) is 45.8 Å². The van der Waals surface area contributed by atoms with Crippen molar-refractivity contribution in [1.29, 1.82) is 0 Å². The zero-order valence-corrected chi connectivity index (χ0v) is 18.1. The van der Waals surface area contributed by atoms with E-state index in [0.29, 0.717) is 31.6 Å². The monoisotopic (exact) mass is 476 g/mol. The number of guanidine groups is 1. The Labute approximate surface area is 174 Å². The molecule has 1 aliphatic rings. The molecule has 0 saturated carbocycles. The second kappa shape index (κ2) is 14.2. The van der Waals surface area contributed by atoms with Crippen LogP contribution >= 0.6 is 24.0 Å². The highest BCUT2D eigenvalue weighted by Crippen LogP contribution is 2.03. The first-order valence-electron chi connectivity index (χ1n) is 9.19. The van der Waals surface area contributed by atoms with Crippen LogP contribution in [0, 0.1) is 5.92 Å². The van der Waals surface area contributed by atoms with Crippen molar-refractivity contribution in [2.75, 3.05) is 52.5 Å². The molecule has 1 atom stereocenters. The standard InChI is InChI=1S/C19H32N4O2.HI/c1-17(15-25-16-18-6-3-2-4-7-18)14-22-19(20)21-8-5-9-23-10-12-24-13-11-23;/h2-4,6-7,17H,5,8-16H2,1H3,(H3,20,21,22);1H. The number of rotatable bonds is 10. The molecule has 3 N–H and O–H groups in total. The second-order valence-corrected chi connectivity index (χ2v) is 6.57. The predicted octanol–water partition coefficient (Wildman–Crippen LogP) is 2.08. The maximum atomic E-state index is 5.93. The van der Waals surface area contributed by atoms with Gasteiger partial charge in [0.2, 0.25) is 0 Å². The number of nitrogens with two attached hydrogens (primary N) is 1. The Balaban J connectivity index is 0.00000338. The third kappa shape index (κ3) is 10.3. The van der Waals surface area contributed by atoms with Gasteiger partial charge < -0.3 is 20.5 Å². The maximum absolute atomic E-state index is 5.93. The van der Waals surface area contributed by atoms with Crippen LogP contribution in [0.1, 0.15) is 18.9 Å². The lowest BCUT2D eigenvalue weighted by atomic mass is 10.2. The molecule has 0 bridgehead atoms. The second-order valence-electron chi connectivity index (χ2n) is 6.57. The Bertz CT molecular complexity index is 496.